The van der Waals surface area contributed by atoms with Crippen LogP contribution in [0.3, 0.4) is 0 Å². The van der Waals surface area contributed by atoms with Crippen molar-refractivity contribution in [3.05, 3.63) is 84.4 Å². The zero-order chi connectivity index (χ0) is 24.5. The molecular formula is C23H19N3NaO6S2. The van der Waals surface area contributed by atoms with Gasteiger partial charge >= 0.3 is 0 Å². The smallest absolute Gasteiger partial charge is 0.294 e. The first-order chi connectivity index (χ1) is 16.0. The number of anilines is 1. The molecule has 0 atom stereocenters. The molecule has 0 aliphatic rings. The maximum Gasteiger partial charge on any atom is 0.294 e. The number of aryl methyl sites for hydroxylation is 1. The van der Waals surface area contributed by atoms with Crippen molar-refractivity contribution in [3.8, 4) is 5.75 Å². The van der Waals surface area contributed by atoms with E-state index >= 15 is 0 Å². The molecule has 0 saturated carbocycles. The van der Waals surface area contributed by atoms with Crippen molar-refractivity contribution in [3.63, 3.8) is 0 Å². The van der Waals surface area contributed by atoms with E-state index in [2.05, 4.69) is 15.0 Å². The van der Waals surface area contributed by atoms with E-state index in [0.29, 0.717) is 22.0 Å². The van der Waals surface area contributed by atoms with Gasteiger partial charge in [-0.1, -0.05) is 36.4 Å². The summed E-state index contributed by atoms with van der Waals surface area (Å²) in [6, 6.07) is 19.6. The summed E-state index contributed by atoms with van der Waals surface area (Å²) in [6.07, 6.45) is 0. The van der Waals surface area contributed by atoms with E-state index in [1.54, 1.807) is 49.4 Å². The van der Waals surface area contributed by atoms with Crippen molar-refractivity contribution in [2.24, 2.45) is 10.2 Å². The molecule has 4 aromatic carbocycles. The number of hydrogen-bond donors (Lipinski definition) is 3. The van der Waals surface area contributed by atoms with Crippen molar-refractivity contribution in [1.29, 1.82) is 0 Å². The molecule has 35 heavy (non-hydrogen) atoms. The summed E-state index contributed by atoms with van der Waals surface area (Å²) in [7, 11) is -8.29. The normalized spacial score (nSPS) is 11.9. The van der Waals surface area contributed by atoms with Gasteiger partial charge in [0.15, 0.2) is 0 Å². The Labute approximate surface area is 224 Å². The van der Waals surface area contributed by atoms with Crippen molar-refractivity contribution in [2.75, 3.05) is 4.72 Å². The molecule has 9 nitrogen and oxygen atoms in total. The molecule has 0 aliphatic heterocycles. The molecule has 0 saturated heterocycles. The molecule has 3 N–H and O–H groups in total. The van der Waals surface area contributed by atoms with Gasteiger partial charge in [-0.2, -0.15) is 13.5 Å². The fourth-order valence-corrected chi connectivity index (χ4v) is 5.15. The summed E-state index contributed by atoms with van der Waals surface area (Å²) in [5, 5.41) is 19.2. The number of phenols is 1. The summed E-state index contributed by atoms with van der Waals surface area (Å²) in [5.74, 6) is -0.207. The second kappa shape index (κ2) is 10.4. The van der Waals surface area contributed by atoms with Crippen LogP contribution in [0, 0.1) is 6.92 Å². The van der Waals surface area contributed by atoms with E-state index in [4.69, 9.17) is 0 Å². The Hall–Kier alpha value is -2.80. The van der Waals surface area contributed by atoms with Gasteiger partial charge in [-0.3, -0.25) is 9.27 Å². The molecule has 175 valence electrons. The number of fused-ring (bicyclic) bond motifs is 1. The Morgan fingerprint density at radius 3 is 2.23 bits per heavy atom. The fourth-order valence-electron chi connectivity index (χ4n) is 3.31. The van der Waals surface area contributed by atoms with Crippen molar-refractivity contribution >= 4 is 77.5 Å². The number of aromatic hydroxyl groups is 1. The Bertz CT molecular complexity index is 1640. The Morgan fingerprint density at radius 2 is 1.54 bits per heavy atom. The molecule has 0 heterocycles. The molecule has 4 rings (SSSR count). The third-order valence-corrected chi connectivity index (χ3v) is 7.37. The molecular weight excluding hydrogens is 501 g/mol. The first kappa shape index (κ1) is 26.8. The minimum Gasteiger partial charge on any atom is -0.506 e. The third kappa shape index (κ3) is 6.07. The van der Waals surface area contributed by atoms with Gasteiger partial charge in [-0.05, 0) is 60.3 Å². The minimum absolute atomic E-state index is 0. The second-order valence-electron chi connectivity index (χ2n) is 7.41. The first-order valence-electron chi connectivity index (χ1n) is 9.88. The van der Waals surface area contributed by atoms with E-state index in [1.165, 1.54) is 36.4 Å². The molecule has 0 aromatic heterocycles. The number of para-hydroxylation sites is 1. The van der Waals surface area contributed by atoms with Gasteiger partial charge in [0.1, 0.15) is 11.4 Å². The SMILES string of the molecule is Cc1ccc(N=Nc2c(O)ccc3cc(S(=O)(=O)O)ccc23)cc1S(=O)(=O)Nc1ccccc1.[Na]. The molecule has 1 radical (unpaired) electrons. The summed E-state index contributed by atoms with van der Waals surface area (Å²) < 4.78 is 60.4. The van der Waals surface area contributed by atoms with Gasteiger partial charge in [0, 0.05) is 40.6 Å². The van der Waals surface area contributed by atoms with Crippen LogP contribution in [0.5, 0.6) is 5.75 Å². The zero-order valence-electron chi connectivity index (χ0n) is 18.7. The minimum atomic E-state index is -4.40. The summed E-state index contributed by atoms with van der Waals surface area (Å²) in [5.41, 5.74) is 1.21. The van der Waals surface area contributed by atoms with Gasteiger partial charge in [-0.15, -0.1) is 5.11 Å². The number of benzene rings is 4. The van der Waals surface area contributed by atoms with Gasteiger partial charge in [0.2, 0.25) is 0 Å². The van der Waals surface area contributed by atoms with Crippen LogP contribution in [0.2, 0.25) is 0 Å². The van der Waals surface area contributed by atoms with Crippen LogP contribution in [-0.2, 0) is 20.1 Å². The van der Waals surface area contributed by atoms with Crippen LogP contribution in [0.1, 0.15) is 5.56 Å². The molecule has 0 bridgehead atoms. The quantitative estimate of drug-likeness (QED) is 0.187. The van der Waals surface area contributed by atoms with Crippen LogP contribution in [0.25, 0.3) is 10.8 Å². The van der Waals surface area contributed by atoms with Crippen LogP contribution < -0.4 is 4.72 Å². The second-order valence-corrected chi connectivity index (χ2v) is 10.5. The van der Waals surface area contributed by atoms with E-state index in [1.807, 2.05) is 0 Å². The molecule has 12 heteroatoms. The number of nitrogens with zero attached hydrogens (tertiary/aromatic N) is 2. The van der Waals surface area contributed by atoms with Crippen molar-refractivity contribution < 1.29 is 26.5 Å². The van der Waals surface area contributed by atoms with Gasteiger partial charge in [0.05, 0.1) is 15.5 Å². The van der Waals surface area contributed by atoms with E-state index in [0.717, 1.165) is 0 Å². The molecule has 0 amide bonds. The number of sulfonamides is 1. The average molecular weight is 521 g/mol. The van der Waals surface area contributed by atoms with Crippen LogP contribution in [0.15, 0.2) is 98.9 Å². The van der Waals surface area contributed by atoms with E-state index < -0.39 is 20.1 Å². The van der Waals surface area contributed by atoms with Gasteiger partial charge in [0.25, 0.3) is 20.1 Å². The molecule has 0 aliphatic carbocycles. The number of hydrogen-bond acceptors (Lipinski definition) is 7. The van der Waals surface area contributed by atoms with Crippen LogP contribution >= 0.6 is 0 Å². The largest absolute Gasteiger partial charge is 0.506 e. The fraction of sp³-hybridized carbons (Fsp3) is 0.0435. The van der Waals surface area contributed by atoms with E-state index in [9.17, 15) is 26.5 Å². The van der Waals surface area contributed by atoms with Crippen molar-refractivity contribution in [1.82, 2.24) is 0 Å². The Balaban J connectivity index is 0.00000342. The molecule has 0 unspecified atom stereocenters. The Kier molecular flexibility index (Phi) is 8.00. The average Bonchev–Trinajstić information content (AvgIpc) is 2.78. The molecule has 0 spiro atoms. The maximum absolute atomic E-state index is 12.9. The number of rotatable bonds is 6. The van der Waals surface area contributed by atoms with Crippen LogP contribution in [-0.4, -0.2) is 56.1 Å². The summed E-state index contributed by atoms with van der Waals surface area (Å²) in [4.78, 5) is -0.277. The maximum atomic E-state index is 12.9. The van der Waals surface area contributed by atoms with Gasteiger partial charge < -0.3 is 5.11 Å². The monoisotopic (exact) mass is 520 g/mol. The number of phenolic OH excluding ortho intramolecular Hbond substituents is 1. The van der Waals surface area contributed by atoms with Crippen molar-refractivity contribution in [2.45, 2.75) is 16.7 Å². The molecule has 0 fully saturated rings. The third-order valence-electron chi connectivity index (χ3n) is 4.99. The summed E-state index contributed by atoms with van der Waals surface area (Å²) in [6.45, 7) is 1.66. The standard InChI is InChI=1S/C23H19N3O6S2.Na/c1-15-7-9-18(14-22(15)33(28,29)26-17-5-3-2-4-6-17)24-25-23-20-11-10-19(34(30,31)32)13-16(20)8-12-21(23)27;/h2-14,26-27H,1H3,(H,30,31,32);. The summed E-state index contributed by atoms with van der Waals surface area (Å²) >= 11 is 0. The number of nitrogens with one attached hydrogen (secondary N) is 1. The van der Waals surface area contributed by atoms with E-state index in [-0.39, 0.29) is 56.5 Å². The molecule has 4 aromatic rings. The topological polar surface area (TPSA) is 145 Å². The zero-order valence-corrected chi connectivity index (χ0v) is 22.4. The predicted molar refractivity (Wildman–Crippen MR) is 134 cm³/mol. The predicted octanol–water partition coefficient (Wildman–Crippen LogP) is 4.94. The van der Waals surface area contributed by atoms with Gasteiger partial charge in [-0.25, -0.2) is 8.42 Å². The first-order valence-corrected chi connectivity index (χ1v) is 12.8. The Morgan fingerprint density at radius 1 is 0.829 bits per heavy atom. The van der Waals surface area contributed by atoms with Crippen LogP contribution in [0.4, 0.5) is 17.1 Å². The number of azo groups is 1.